The Balaban J connectivity index is 1.77. The van der Waals surface area contributed by atoms with Crippen molar-refractivity contribution >= 4 is 17.5 Å². The van der Waals surface area contributed by atoms with Gasteiger partial charge in [0.15, 0.2) is 0 Å². The molecule has 1 amide bonds. The molecule has 0 bridgehead atoms. The van der Waals surface area contributed by atoms with Crippen LogP contribution in [-0.2, 0) is 18.4 Å². The Bertz CT molecular complexity index is 1060. The minimum atomic E-state index is -0.0662. The van der Waals surface area contributed by atoms with Crippen molar-refractivity contribution in [2.45, 2.75) is 33.2 Å². The quantitative estimate of drug-likeness (QED) is 0.439. The lowest BCUT2D eigenvalue weighted by Gasteiger charge is -2.25. The average molecular weight is 438 g/mol. The van der Waals surface area contributed by atoms with Crippen molar-refractivity contribution in [2.75, 3.05) is 6.54 Å². The van der Waals surface area contributed by atoms with Gasteiger partial charge in [0.1, 0.15) is 11.4 Å². The number of ether oxygens (including phenoxy) is 1. The fraction of sp³-hybridized carbons (Fsp3) is 0.360. The van der Waals surface area contributed by atoms with E-state index >= 15 is 0 Å². The SMILES string of the molecule is CC(C)C(=O)N(Cc1c(-c2ccccc2)nn(C)c1Oc1ccccc1Cl)CC1CC1. The summed E-state index contributed by atoms with van der Waals surface area (Å²) in [7, 11) is 1.86. The summed E-state index contributed by atoms with van der Waals surface area (Å²) in [4.78, 5) is 15.0. The number of benzene rings is 2. The Morgan fingerprint density at radius 2 is 1.84 bits per heavy atom. The van der Waals surface area contributed by atoms with E-state index in [0.29, 0.717) is 29.1 Å². The maximum atomic E-state index is 13.0. The van der Waals surface area contributed by atoms with Crippen LogP contribution in [0.5, 0.6) is 11.6 Å². The van der Waals surface area contributed by atoms with Gasteiger partial charge in [-0.05, 0) is 30.9 Å². The Labute approximate surface area is 188 Å². The van der Waals surface area contributed by atoms with Gasteiger partial charge in [-0.15, -0.1) is 0 Å². The van der Waals surface area contributed by atoms with E-state index in [1.54, 1.807) is 10.7 Å². The lowest BCUT2D eigenvalue weighted by atomic mass is 10.1. The molecule has 1 aliphatic carbocycles. The van der Waals surface area contributed by atoms with Crippen molar-refractivity contribution in [3.63, 3.8) is 0 Å². The smallest absolute Gasteiger partial charge is 0.225 e. The molecule has 5 nitrogen and oxygen atoms in total. The molecule has 0 spiro atoms. The number of aromatic nitrogens is 2. The third-order valence-corrected chi connectivity index (χ3v) is 5.82. The Morgan fingerprint density at radius 1 is 1.16 bits per heavy atom. The molecule has 31 heavy (non-hydrogen) atoms. The average Bonchev–Trinajstić information content (AvgIpc) is 3.53. The summed E-state index contributed by atoms with van der Waals surface area (Å²) in [6, 6.07) is 17.4. The summed E-state index contributed by atoms with van der Waals surface area (Å²) in [5.74, 6) is 1.84. The number of carbonyl (C=O) groups excluding carboxylic acids is 1. The van der Waals surface area contributed by atoms with E-state index in [9.17, 15) is 4.79 Å². The van der Waals surface area contributed by atoms with Crippen molar-refractivity contribution in [1.82, 2.24) is 14.7 Å². The van der Waals surface area contributed by atoms with Crippen LogP contribution >= 0.6 is 11.6 Å². The van der Waals surface area contributed by atoms with Crippen molar-refractivity contribution in [3.8, 4) is 22.9 Å². The molecule has 1 saturated carbocycles. The van der Waals surface area contributed by atoms with E-state index in [4.69, 9.17) is 21.4 Å². The van der Waals surface area contributed by atoms with Gasteiger partial charge in [-0.3, -0.25) is 4.79 Å². The molecule has 0 saturated heterocycles. The molecule has 1 fully saturated rings. The number of para-hydroxylation sites is 1. The molecule has 6 heteroatoms. The largest absolute Gasteiger partial charge is 0.437 e. The van der Waals surface area contributed by atoms with Gasteiger partial charge >= 0.3 is 0 Å². The number of hydrogen-bond donors (Lipinski definition) is 0. The summed E-state index contributed by atoms with van der Waals surface area (Å²) in [5, 5.41) is 5.30. The number of carbonyl (C=O) groups is 1. The molecule has 0 radical (unpaired) electrons. The highest BCUT2D eigenvalue weighted by Gasteiger charge is 2.30. The monoisotopic (exact) mass is 437 g/mol. The number of aryl methyl sites for hydroxylation is 1. The molecular weight excluding hydrogens is 410 g/mol. The van der Waals surface area contributed by atoms with Gasteiger partial charge in [0, 0.05) is 25.1 Å². The molecular formula is C25H28ClN3O2. The Morgan fingerprint density at radius 3 is 2.48 bits per heavy atom. The van der Waals surface area contributed by atoms with Crippen LogP contribution in [0, 0.1) is 11.8 Å². The topological polar surface area (TPSA) is 47.4 Å². The standard InChI is InChI=1S/C25H28ClN3O2/c1-17(2)24(30)29(15-18-13-14-18)16-20-23(19-9-5-4-6-10-19)27-28(3)25(20)31-22-12-8-7-11-21(22)26/h4-12,17-18H,13-16H2,1-3H3. The van der Waals surface area contributed by atoms with Crippen molar-refractivity contribution in [2.24, 2.45) is 18.9 Å². The van der Waals surface area contributed by atoms with Crippen LogP contribution in [0.3, 0.4) is 0 Å². The van der Waals surface area contributed by atoms with Gasteiger partial charge in [-0.2, -0.15) is 5.10 Å². The summed E-state index contributed by atoms with van der Waals surface area (Å²) in [5.41, 5.74) is 2.70. The fourth-order valence-electron chi connectivity index (χ4n) is 3.68. The van der Waals surface area contributed by atoms with Crippen LogP contribution in [0.15, 0.2) is 54.6 Å². The first-order valence-electron chi connectivity index (χ1n) is 10.8. The lowest BCUT2D eigenvalue weighted by molar-refractivity contribution is -0.135. The summed E-state index contributed by atoms with van der Waals surface area (Å²) < 4.78 is 8.00. The predicted octanol–water partition coefficient (Wildman–Crippen LogP) is 5.93. The van der Waals surface area contributed by atoms with Gasteiger partial charge in [0.25, 0.3) is 0 Å². The molecule has 0 atom stereocenters. The second-order valence-corrected chi connectivity index (χ2v) is 8.88. The summed E-state index contributed by atoms with van der Waals surface area (Å²) in [6.07, 6.45) is 2.37. The number of halogens is 1. The Hall–Kier alpha value is -2.79. The van der Waals surface area contributed by atoms with E-state index in [1.165, 1.54) is 12.8 Å². The molecule has 0 unspecified atom stereocenters. The highest BCUT2D eigenvalue weighted by Crippen LogP contribution is 2.37. The second-order valence-electron chi connectivity index (χ2n) is 8.47. The highest BCUT2D eigenvalue weighted by molar-refractivity contribution is 6.32. The van der Waals surface area contributed by atoms with Crippen LogP contribution in [0.25, 0.3) is 11.3 Å². The Kier molecular flexibility index (Phi) is 6.33. The maximum absolute atomic E-state index is 13.0. The first-order valence-corrected chi connectivity index (χ1v) is 11.1. The molecule has 0 N–H and O–H groups in total. The van der Waals surface area contributed by atoms with E-state index < -0.39 is 0 Å². The van der Waals surface area contributed by atoms with Gasteiger partial charge in [0.2, 0.25) is 11.8 Å². The first-order chi connectivity index (χ1) is 14.9. The van der Waals surface area contributed by atoms with Crippen LogP contribution < -0.4 is 4.74 Å². The maximum Gasteiger partial charge on any atom is 0.225 e. The summed E-state index contributed by atoms with van der Waals surface area (Å²) in [6.45, 7) is 5.12. The molecule has 162 valence electrons. The number of amides is 1. The second kappa shape index (κ2) is 9.15. The van der Waals surface area contributed by atoms with Crippen molar-refractivity contribution in [1.29, 1.82) is 0 Å². The zero-order valence-electron chi connectivity index (χ0n) is 18.2. The van der Waals surface area contributed by atoms with Crippen molar-refractivity contribution in [3.05, 3.63) is 65.2 Å². The molecule has 1 aliphatic rings. The van der Waals surface area contributed by atoms with Gasteiger partial charge in [-0.1, -0.05) is 67.9 Å². The van der Waals surface area contributed by atoms with E-state index in [2.05, 4.69) is 0 Å². The van der Waals surface area contributed by atoms with E-state index in [1.807, 2.05) is 74.3 Å². The highest BCUT2D eigenvalue weighted by atomic mass is 35.5. The van der Waals surface area contributed by atoms with Crippen molar-refractivity contribution < 1.29 is 9.53 Å². The molecule has 0 aliphatic heterocycles. The number of nitrogens with zero attached hydrogens (tertiary/aromatic N) is 3. The summed E-state index contributed by atoms with van der Waals surface area (Å²) >= 11 is 6.36. The van der Waals surface area contributed by atoms with Crippen LogP contribution in [0.2, 0.25) is 5.02 Å². The number of hydrogen-bond acceptors (Lipinski definition) is 3. The predicted molar refractivity (Wildman–Crippen MR) is 123 cm³/mol. The zero-order valence-corrected chi connectivity index (χ0v) is 19.0. The third kappa shape index (κ3) is 4.93. The van der Waals surface area contributed by atoms with Crippen LogP contribution in [0.4, 0.5) is 0 Å². The first kappa shape index (κ1) is 21.4. The lowest BCUT2D eigenvalue weighted by Crippen LogP contribution is -2.35. The van der Waals surface area contributed by atoms with E-state index in [0.717, 1.165) is 23.4 Å². The molecule has 3 aromatic rings. The van der Waals surface area contributed by atoms with Crippen LogP contribution in [0.1, 0.15) is 32.3 Å². The molecule has 4 rings (SSSR count). The zero-order chi connectivity index (χ0) is 22.0. The van der Waals surface area contributed by atoms with Crippen LogP contribution in [-0.4, -0.2) is 27.1 Å². The molecule has 2 aromatic carbocycles. The van der Waals surface area contributed by atoms with Gasteiger partial charge < -0.3 is 9.64 Å². The fourth-order valence-corrected chi connectivity index (χ4v) is 3.86. The van der Waals surface area contributed by atoms with Gasteiger partial charge in [-0.25, -0.2) is 4.68 Å². The normalized spacial score (nSPS) is 13.5. The molecule has 1 aromatic heterocycles. The van der Waals surface area contributed by atoms with E-state index in [-0.39, 0.29) is 11.8 Å². The number of rotatable bonds is 8. The minimum Gasteiger partial charge on any atom is -0.437 e. The minimum absolute atomic E-state index is 0.0662. The van der Waals surface area contributed by atoms with Gasteiger partial charge in [0.05, 0.1) is 17.1 Å². The third-order valence-electron chi connectivity index (χ3n) is 5.51. The molecule has 1 heterocycles.